The molecule has 12 heavy (non-hydrogen) atoms. The van der Waals surface area contributed by atoms with Gasteiger partial charge in [-0.25, -0.2) is 0 Å². The summed E-state index contributed by atoms with van der Waals surface area (Å²) < 4.78 is 0. The van der Waals surface area contributed by atoms with Gasteiger partial charge in [0.2, 0.25) is 0 Å². The number of hydrogen-bond acceptors (Lipinski definition) is 1. The van der Waals surface area contributed by atoms with Crippen molar-refractivity contribution < 1.29 is 0 Å². The molecule has 0 rings (SSSR count). The molecule has 72 valence electrons. The van der Waals surface area contributed by atoms with Gasteiger partial charge in [-0.05, 0) is 31.4 Å². The first-order valence-electron chi connectivity index (χ1n) is 5.25. The van der Waals surface area contributed by atoms with Crippen molar-refractivity contribution in [1.82, 2.24) is 5.32 Å². The number of hydrogen-bond donors (Lipinski definition) is 1. The van der Waals surface area contributed by atoms with E-state index in [4.69, 9.17) is 0 Å². The minimum Gasteiger partial charge on any atom is -0.391 e. The fourth-order valence-corrected chi connectivity index (χ4v) is 1.24. The Morgan fingerprint density at radius 3 is 2.42 bits per heavy atom. The topological polar surface area (TPSA) is 12.0 Å². The third-order valence-corrected chi connectivity index (χ3v) is 2.06. The number of rotatable bonds is 7. The molecule has 0 aliphatic carbocycles. The lowest BCUT2D eigenvalue weighted by Gasteiger charge is -2.07. The highest BCUT2D eigenvalue weighted by atomic mass is 14.8. The summed E-state index contributed by atoms with van der Waals surface area (Å²) >= 11 is 0. The highest BCUT2D eigenvalue weighted by Crippen LogP contribution is 2.11. The summed E-state index contributed by atoms with van der Waals surface area (Å²) in [6.07, 6.45) is 9.50. The lowest BCUT2D eigenvalue weighted by Crippen LogP contribution is -2.06. The van der Waals surface area contributed by atoms with Crippen LogP contribution in [0.2, 0.25) is 0 Å². The molecule has 0 saturated heterocycles. The molecular weight excluding hydrogens is 146 g/mol. The van der Waals surface area contributed by atoms with Gasteiger partial charge in [0.25, 0.3) is 0 Å². The molecule has 0 amide bonds. The summed E-state index contributed by atoms with van der Waals surface area (Å²) in [6, 6.07) is 0. The lowest BCUT2D eigenvalue weighted by molar-refractivity contribution is 0.560. The summed E-state index contributed by atoms with van der Waals surface area (Å²) in [5, 5.41) is 3.28. The van der Waals surface area contributed by atoms with Gasteiger partial charge in [-0.3, -0.25) is 0 Å². The van der Waals surface area contributed by atoms with E-state index in [1.165, 1.54) is 25.7 Å². The van der Waals surface area contributed by atoms with Crippen LogP contribution >= 0.6 is 0 Å². The minimum absolute atomic E-state index is 0.777. The average Bonchev–Trinajstić information content (AvgIpc) is 2.10. The van der Waals surface area contributed by atoms with E-state index in [1.807, 2.05) is 0 Å². The van der Waals surface area contributed by atoms with Gasteiger partial charge in [-0.2, -0.15) is 0 Å². The standard InChI is InChI=1S/C11H23N/c1-4-7-11(6-3)8-10-12-9-5-2/h8,10-12H,4-7,9H2,1-3H3/b10-8-. The third kappa shape index (κ3) is 6.26. The van der Waals surface area contributed by atoms with Gasteiger partial charge >= 0.3 is 0 Å². The molecule has 0 aliphatic heterocycles. The molecule has 0 bridgehead atoms. The van der Waals surface area contributed by atoms with Crippen molar-refractivity contribution in [1.29, 1.82) is 0 Å². The monoisotopic (exact) mass is 169 g/mol. The lowest BCUT2D eigenvalue weighted by atomic mass is 10.0. The van der Waals surface area contributed by atoms with Crippen LogP contribution in [0, 0.1) is 5.92 Å². The number of nitrogens with one attached hydrogen (secondary N) is 1. The quantitative estimate of drug-likeness (QED) is 0.576. The van der Waals surface area contributed by atoms with Crippen LogP contribution in [-0.2, 0) is 0 Å². The molecule has 0 saturated carbocycles. The fraction of sp³-hybridized carbons (Fsp3) is 0.818. The van der Waals surface area contributed by atoms with Crippen LogP contribution in [0.4, 0.5) is 0 Å². The Kier molecular flexibility index (Phi) is 8.30. The van der Waals surface area contributed by atoms with E-state index in [2.05, 4.69) is 38.4 Å². The molecule has 0 aromatic rings. The summed E-state index contributed by atoms with van der Waals surface area (Å²) in [4.78, 5) is 0. The highest BCUT2D eigenvalue weighted by Gasteiger charge is 1.97. The maximum atomic E-state index is 3.28. The second-order valence-electron chi connectivity index (χ2n) is 3.27. The van der Waals surface area contributed by atoms with Gasteiger partial charge in [-0.1, -0.05) is 33.3 Å². The van der Waals surface area contributed by atoms with Crippen LogP contribution in [0.5, 0.6) is 0 Å². The number of allylic oxidation sites excluding steroid dienone is 1. The van der Waals surface area contributed by atoms with Crippen molar-refractivity contribution in [3.8, 4) is 0 Å². The molecule has 0 spiro atoms. The van der Waals surface area contributed by atoms with E-state index >= 15 is 0 Å². The Morgan fingerprint density at radius 2 is 1.92 bits per heavy atom. The minimum atomic E-state index is 0.777. The Hall–Kier alpha value is -0.460. The summed E-state index contributed by atoms with van der Waals surface area (Å²) in [5.74, 6) is 0.777. The van der Waals surface area contributed by atoms with Crippen LogP contribution in [0.25, 0.3) is 0 Å². The van der Waals surface area contributed by atoms with E-state index in [1.54, 1.807) is 0 Å². The van der Waals surface area contributed by atoms with E-state index in [0.717, 1.165) is 12.5 Å². The molecule has 1 atom stereocenters. The molecule has 1 nitrogen and oxygen atoms in total. The third-order valence-electron chi connectivity index (χ3n) is 2.06. The first kappa shape index (κ1) is 11.5. The van der Waals surface area contributed by atoms with E-state index in [0.29, 0.717) is 0 Å². The van der Waals surface area contributed by atoms with Gasteiger partial charge in [0.1, 0.15) is 0 Å². The molecular formula is C11H23N. The van der Waals surface area contributed by atoms with Gasteiger partial charge in [-0.15, -0.1) is 0 Å². The first-order chi connectivity index (χ1) is 5.85. The average molecular weight is 169 g/mol. The smallest absolute Gasteiger partial charge is 0.0138 e. The Balaban J connectivity index is 3.46. The Morgan fingerprint density at radius 1 is 1.17 bits per heavy atom. The SMILES string of the molecule is CCCN/C=C\C(CC)CCC. The molecule has 0 aromatic heterocycles. The van der Waals surface area contributed by atoms with Crippen molar-refractivity contribution in [3.63, 3.8) is 0 Å². The molecule has 0 aromatic carbocycles. The van der Waals surface area contributed by atoms with Crippen molar-refractivity contribution in [2.75, 3.05) is 6.54 Å². The zero-order chi connectivity index (χ0) is 9.23. The Labute approximate surface area is 77.2 Å². The molecule has 0 fully saturated rings. The van der Waals surface area contributed by atoms with Crippen LogP contribution < -0.4 is 5.32 Å². The zero-order valence-electron chi connectivity index (χ0n) is 8.77. The van der Waals surface area contributed by atoms with Gasteiger partial charge in [0.15, 0.2) is 0 Å². The predicted octanol–water partition coefficient (Wildman–Crippen LogP) is 3.33. The molecule has 0 radical (unpaired) electrons. The van der Waals surface area contributed by atoms with E-state index in [9.17, 15) is 0 Å². The van der Waals surface area contributed by atoms with E-state index in [-0.39, 0.29) is 0 Å². The summed E-state index contributed by atoms with van der Waals surface area (Å²) in [7, 11) is 0. The second-order valence-corrected chi connectivity index (χ2v) is 3.27. The van der Waals surface area contributed by atoms with Gasteiger partial charge < -0.3 is 5.32 Å². The van der Waals surface area contributed by atoms with Crippen LogP contribution in [0.15, 0.2) is 12.3 Å². The van der Waals surface area contributed by atoms with E-state index < -0.39 is 0 Å². The predicted molar refractivity (Wildman–Crippen MR) is 56.1 cm³/mol. The van der Waals surface area contributed by atoms with Crippen molar-refractivity contribution in [2.45, 2.75) is 46.5 Å². The molecule has 0 aliphatic rings. The normalized spacial score (nSPS) is 13.6. The largest absolute Gasteiger partial charge is 0.391 e. The maximum Gasteiger partial charge on any atom is 0.0138 e. The highest BCUT2D eigenvalue weighted by molar-refractivity contribution is 4.85. The molecule has 1 unspecified atom stereocenters. The molecule has 1 heteroatoms. The van der Waals surface area contributed by atoms with Crippen molar-refractivity contribution in [2.24, 2.45) is 5.92 Å². The van der Waals surface area contributed by atoms with Crippen LogP contribution in [0.3, 0.4) is 0 Å². The zero-order valence-corrected chi connectivity index (χ0v) is 8.77. The van der Waals surface area contributed by atoms with Gasteiger partial charge in [0, 0.05) is 6.54 Å². The van der Waals surface area contributed by atoms with Crippen molar-refractivity contribution >= 4 is 0 Å². The Bertz CT molecular complexity index is 108. The van der Waals surface area contributed by atoms with Crippen molar-refractivity contribution in [3.05, 3.63) is 12.3 Å². The second kappa shape index (κ2) is 8.63. The molecule has 0 heterocycles. The molecule has 1 N–H and O–H groups in total. The summed E-state index contributed by atoms with van der Waals surface area (Å²) in [5.41, 5.74) is 0. The van der Waals surface area contributed by atoms with Crippen LogP contribution in [-0.4, -0.2) is 6.54 Å². The summed E-state index contributed by atoms with van der Waals surface area (Å²) in [6.45, 7) is 7.78. The van der Waals surface area contributed by atoms with Gasteiger partial charge in [0.05, 0.1) is 0 Å². The fourth-order valence-electron chi connectivity index (χ4n) is 1.24. The first-order valence-corrected chi connectivity index (χ1v) is 5.25. The maximum absolute atomic E-state index is 3.28. The van der Waals surface area contributed by atoms with Crippen LogP contribution in [0.1, 0.15) is 46.5 Å².